The molecule has 3 atom stereocenters. The highest BCUT2D eigenvalue weighted by atomic mass is 16.5. The minimum atomic E-state index is -1.02. The highest BCUT2D eigenvalue weighted by molar-refractivity contribution is 5.88. The molecule has 1 fully saturated rings. The van der Waals surface area contributed by atoms with E-state index in [1.54, 1.807) is 13.8 Å². The molecule has 1 aromatic rings. The van der Waals surface area contributed by atoms with Gasteiger partial charge in [0.05, 0.1) is 12.6 Å². The van der Waals surface area contributed by atoms with Crippen LogP contribution < -0.4 is 10.6 Å². The molecule has 3 N–H and O–H groups in total. The molecule has 0 saturated carbocycles. The quantitative estimate of drug-likeness (QED) is 0.290. The summed E-state index contributed by atoms with van der Waals surface area (Å²) < 4.78 is 10.3. The number of benzene rings is 1. The molecule has 1 saturated heterocycles. The molecule has 10 nitrogen and oxygen atoms in total. The highest BCUT2D eigenvalue weighted by Crippen LogP contribution is 2.19. The number of hydrogen-bond acceptors (Lipinski definition) is 7. The summed E-state index contributed by atoms with van der Waals surface area (Å²) >= 11 is 0. The molecule has 1 heterocycles. The fraction of sp³-hybridized carbons (Fsp3) is 0.583. The van der Waals surface area contributed by atoms with Gasteiger partial charge in [0.2, 0.25) is 5.91 Å². The van der Waals surface area contributed by atoms with Gasteiger partial charge < -0.3 is 24.8 Å². The summed E-state index contributed by atoms with van der Waals surface area (Å²) in [5.74, 6) is -1.83. The number of esters is 1. The first-order chi connectivity index (χ1) is 16.3. The number of aliphatic carboxylic acids is 1. The van der Waals surface area contributed by atoms with Gasteiger partial charge in [0, 0.05) is 13.1 Å². The van der Waals surface area contributed by atoms with E-state index in [0.717, 1.165) is 5.56 Å². The Morgan fingerprint density at radius 3 is 2.56 bits per heavy atom. The second-order valence-electron chi connectivity index (χ2n) is 8.21. The van der Waals surface area contributed by atoms with E-state index in [9.17, 15) is 24.3 Å². The Hall–Kier alpha value is -3.14. The summed E-state index contributed by atoms with van der Waals surface area (Å²) in [5, 5.41) is 15.0. The lowest BCUT2D eigenvalue weighted by molar-refractivity contribution is -0.150. The number of hydrogen-bond donors (Lipinski definition) is 3. The molecular weight excluding hydrogens is 442 g/mol. The summed E-state index contributed by atoms with van der Waals surface area (Å²) in [6, 6.07) is 7.09. The van der Waals surface area contributed by atoms with E-state index >= 15 is 0 Å². The minimum absolute atomic E-state index is 0.188. The summed E-state index contributed by atoms with van der Waals surface area (Å²) in [4.78, 5) is 49.7. The van der Waals surface area contributed by atoms with Crippen molar-refractivity contribution >= 4 is 23.9 Å². The molecule has 0 spiro atoms. The number of nitrogens with zero attached hydrogens (tertiary/aromatic N) is 1. The van der Waals surface area contributed by atoms with Crippen LogP contribution >= 0.6 is 0 Å². The Bertz CT molecular complexity index is 818. The van der Waals surface area contributed by atoms with Crippen LogP contribution in [0.2, 0.25) is 0 Å². The van der Waals surface area contributed by atoms with E-state index in [0.29, 0.717) is 45.2 Å². The third-order valence-electron chi connectivity index (χ3n) is 5.62. The molecule has 0 aliphatic carbocycles. The summed E-state index contributed by atoms with van der Waals surface area (Å²) in [6.45, 7) is 4.49. The Morgan fingerprint density at radius 1 is 1.15 bits per heavy atom. The maximum atomic E-state index is 12.8. The number of nitrogens with one attached hydrogen (secondary N) is 2. The van der Waals surface area contributed by atoms with Gasteiger partial charge in [-0.15, -0.1) is 0 Å². The zero-order valence-electron chi connectivity index (χ0n) is 19.8. The molecule has 2 rings (SSSR count). The van der Waals surface area contributed by atoms with Gasteiger partial charge in [0.15, 0.2) is 0 Å². The lowest BCUT2D eigenvalue weighted by Crippen LogP contribution is -2.53. The Kier molecular flexibility index (Phi) is 11.3. The average molecular weight is 478 g/mol. The smallest absolute Gasteiger partial charge is 0.407 e. The van der Waals surface area contributed by atoms with E-state index in [1.807, 2.05) is 30.3 Å². The Balaban J connectivity index is 1.76. The third-order valence-corrected chi connectivity index (χ3v) is 5.62. The molecule has 1 aromatic carbocycles. The van der Waals surface area contributed by atoms with Crippen LogP contribution in [-0.2, 0) is 30.5 Å². The van der Waals surface area contributed by atoms with Crippen LogP contribution in [0.4, 0.5) is 4.79 Å². The molecule has 2 amide bonds. The monoisotopic (exact) mass is 477 g/mol. The fourth-order valence-electron chi connectivity index (χ4n) is 3.86. The maximum absolute atomic E-state index is 12.8. The van der Waals surface area contributed by atoms with Crippen LogP contribution in [0.5, 0.6) is 0 Å². The molecule has 34 heavy (non-hydrogen) atoms. The van der Waals surface area contributed by atoms with Gasteiger partial charge in [0.1, 0.15) is 18.7 Å². The molecule has 10 heteroatoms. The molecule has 1 aliphatic rings. The third kappa shape index (κ3) is 8.66. The highest BCUT2D eigenvalue weighted by Gasteiger charge is 2.36. The minimum Gasteiger partial charge on any atom is -0.480 e. The molecule has 188 valence electrons. The fourth-order valence-corrected chi connectivity index (χ4v) is 3.86. The van der Waals surface area contributed by atoms with Crippen LogP contribution in [0.25, 0.3) is 0 Å². The molecular formula is C24H35N3O7. The summed E-state index contributed by atoms with van der Waals surface area (Å²) in [6.07, 6.45) is 2.15. The maximum Gasteiger partial charge on any atom is 0.407 e. The standard InChI is InChI=1S/C24H35N3O7/c1-3-33-23(31)19(26-17(2)21(28)27-15-9-13-20(27)22(29)30)12-7-8-14-25-24(32)34-16-18-10-5-4-6-11-18/h4-6,10-11,17,19-20,26H,3,7-9,12-16H2,1-2H3,(H,25,32)(H,29,30)/t17?,19-,20-/m0/s1. The Morgan fingerprint density at radius 2 is 1.88 bits per heavy atom. The predicted octanol–water partition coefficient (Wildman–Crippen LogP) is 2.07. The van der Waals surface area contributed by atoms with Crippen molar-refractivity contribution in [3.63, 3.8) is 0 Å². The number of carbonyl (C=O) groups excluding carboxylic acids is 3. The van der Waals surface area contributed by atoms with Crippen molar-refractivity contribution in [2.45, 2.75) is 70.7 Å². The number of carbonyl (C=O) groups is 4. The van der Waals surface area contributed by atoms with Gasteiger partial charge in [-0.2, -0.15) is 0 Å². The van der Waals surface area contributed by atoms with E-state index in [1.165, 1.54) is 4.90 Å². The zero-order valence-corrected chi connectivity index (χ0v) is 19.8. The van der Waals surface area contributed by atoms with Gasteiger partial charge in [-0.1, -0.05) is 30.3 Å². The predicted molar refractivity (Wildman–Crippen MR) is 124 cm³/mol. The molecule has 1 aliphatic heterocycles. The number of likely N-dealkylation sites (tertiary alicyclic amines) is 1. The van der Waals surface area contributed by atoms with Gasteiger partial charge >= 0.3 is 18.0 Å². The van der Waals surface area contributed by atoms with Crippen molar-refractivity contribution in [1.82, 2.24) is 15.5 Å². The average Bonchev–Trinajstić information content (AvgIpc) is 3.32. The van der Waals surface area contributed by atoms with E-state index < -0.39 is 36.2 Å². The van der Waals surface area contributed by atoms with Crippen molar-refractivity contribution in [2.24, 2.45) is 0 Å². The van der Waals surface area contributed by atoms with Crippen LogP contribution in [0, 0.1) is 0 Å². The first-order valence-electron chi connectivity index (χ1n) is 11.7. The number of rotatable bonds is 13. The van der Waals surface area contributed by atoms with Crippen molar-refractivity contribution < 1.29 is 33.8 Å². The van der Waals surface area contributed by atoms with Gasteiger partial charge in [-0.25, -0.2) is 9.59 Å². The SMILES string of the molecule is CCOC(=O)[C@H](CCCCNC(=O)OCc1ccccc1)NC(C)C(=O)N1CCC[C@H]1C(=O)O. The van der Waals surface area contributed by atoms with Crippen LogP contribution in [-0.4, -0.2) is 71.8 Å². The van der Waals surface area contributed by atoms with E-state index in [2.05, 4.69) is 10.6 Å². The summed E-state index contributed by atoms with van der Waals surface area (Å²) in [5.41, 5.74) is 0.897. The largest absolute Gasteiger partial charge is 0.480 e. The number of carboxylic acids is 1. The van der Waals surface area contributed by atoms with Crippen LogP contribution in [0.15, 0.2) is 30.3 Å². The number of amides is 2. The van der Waals surface area contributed by atoms with Crippen LogP contribution in [0.3, 0.4) is 0 Å². The normalized spacial score (nSPS) is 17.0. The lowest BCUT2D eigenvalue weighted by atomic mass is 10.1. The number of alkyl carbamates (subject to hydrolysis) is 1. The topological polar surface area (TPSA) is 134 Å². The lowest BCUT2D eigenvalue weighted by Gasteiger charge is -2.27. The van der Waals surface area contributed by atoms with Crippen molar-refractivity contribution in [1.29, 1.82) is 0 Å². The second-order valence-corrected chi connectivity index (χ2v) is 8.21. The van der Waals surface area contributed by atoms with Crippen molar-refractivity contribution in [2.75, 3.05) is 19.7 Å². The number of carboxylic acid groups (broad SMARTS) is 1. The summed E-state index contributed by atoms with van der Waals surface area (Å²) in [7, 11) is 0. The van der Waals surface area contributed by atoms with E-state index in [4.69, 9.17) is 9.47 Å². The molecule has 0 aromatic heterocycles. The number of ether oxygens (including phenoxy) is 2. The van der Waals surface area contributed by atoms with Crippen molar-refractivity contribution in [3.8, 4) is 0 Å². The van der Waals surface area contributed by atoms with Crippen LogP contribution in [0.1, 0.15) is 51.5 Å². The van der Waals surface area contributed by atoms with Crippen molar-refractivity contribution in [3.05, 3.63) is 35.9 Å². The molecule has 0 bridgehead atoms. The molecule has 1 unspecified atom stereocenters. The van der Waals surface area contributed by atoms with Gasteiger partial charge in [-0.05, 0) is 51.5 Å². The first-order valence-corrected chi connectivity index (χ1v) is 11.7. The first kappa shape index (κ1) is 27.1. The zero-order chi connectivity index (χ0) is 24.9. The van der Waals surface area contributed by atoms with Gasteiger partial charge in [0.25, 0.3) is 0 Å². The second kappa shape index (κ2) is 14.2. The number of unbranched alkanes of at least 4 members (excludes halogenated alkanes) is 1. The van der Waals surface area contributed by atoms with Gasteiger partial charge in [-0.3, -0.25) is 14.9 Å². The van der Waals surface area contributed by atoms with E-state index in [-0.39, 0.29) is 19.1 Å². The Labute approximate surface area is 200 Å². The molecule has 0 radical (unpaired) electrons.